The lowest BCUT2D eigenvalue weighted by Crippen LogP contribution is -2.49. The number of carbonyl (C=O) groups is 1. The quantitative estimate of drug-likeness (QED) is 0.211. The molecule has 0 aliphatic rings. The van der Waals surface area contributed by atoms with Gasteiger partial charge in [0, 0.05) is 5.97 Å². The minimum Gasteiger partial charge on any atom is -0.550 e. The minimum absolute atomic E-state index is 0.214. The number of carboxylic acid groups (broad SMARTS) is 1. The van der Waals surface area contributed by atoms with E-state index in [4.69, 9.17) is 0 Å². The number of aliphatic carboxylic acids is 1. The van der Waals surface area contributed by atoms with Crippen LogP contribution in [0.2, 0.25) is 0 Å². The number of quaternary nitrogens is 1. The fourth-order valence-electron chi connectivity index (χ4n) is 3.97. The Labute approximate surface area is 164 Å². The lowest BCUT2D eigenvalue weighted by Gasteiger charge is -2.37. The molecule has 0 N–H and O–H groups in total. The van der Waals surface area contributed by atoms with E-state index in [1.807, 2.05) is 0 Å². The maximum atomic E-state index is 10.5. The first-order valence-electron chi connectivity index (χ1n) is 11.6. The SMILES string of the molecule is CCCCCCCCCCCCCC[N+](CC)(CC)CCCCC(=O)[O-]. The van der Waals surface area contributed by atoms with Crippen LogP contribution < -0.4 is 5.11 Å². The van der Waals surface area contributed by atoms with Gasteiger partial charge in [-0.2, -0.15) is 0 Å². The van der Waals surface area contributed by atoms with Gasteiger partial charge in [-0.3, -0.25) is 0 Å². The predicted octanol–water partition coefficient (Wildman–Crippen LogP) is 5.46. The van der Waals surface area contributed by atoms with Crippen LogP contribution in [0.3, 0.4) is 0 Å². The van der Waals surface area contributed by atoms with Crippen LogP contribution in [-0.4, -0.2) is 36.6 Å². The van der Waals surface area contributed by atoms with E-state index < -0.39 is 5.97 Å². The molecule has 3 nitrogen and oxygen atoms in total. The normalized spacial score (nSPS) is 11.8. The highest BCUT2D eigenvalue weighted by molar-refractivity contribution is 5.64. The molecule has 0 unspecified atom stereocenters. The summed E-state index contributed by atoms with van der Waals surface area (Å²) in [6, 6.07) is 0. The van der Waals surface area contributed by atoms with Gasteiger partial charge in [-0.15, -0.1) is 0 Å². The molecule has 0 spiro atoms. The van der Waals surface area contributed by atoms with Gasteiger partial charge in [0.05, 0.1) is 26.2 Å². The minimum atomic E-state index is -0.906. The van der Waals surface area contributed by atoms with E-state index in [0.717, 1.165) is 23.9 Å². The van der Waals surface area contributed by atoms with Crippen molar-refractivity contribution in [3.63, 3.8) is 0 Å². The first-order chi connectivity index (χ1) is 12.6. The molecule has 0 bridgehead atoms. The molecular weight excluding hydrogens is 322 g/mol. The summed E-state index contributed by atoms with van der Waals surface area (Å²) in [5.74, 6) is -0.906. The second-order valence-electron chi connectivity index (χ2n) is 8.14. The molecule has 0 radical (unpaired) electrons. The van der Waals surface area contributed by atoms with E-state index in [1.165, 1.54) is 96.7 Å². The molecule has 0 saturated carbocycles. The van der Waals surface area contributed by atoms with Crippen LogP contribution in [0, 0.1) is 0 Å². The highest BCUT2D eigenvalue weighted by Crippen LogP contribution is 2.15. The smallest absolute Gasteiger partial charge is 0.0786 e. The third-order valence-corrected chi connectivity index (χ3v) is 6.09. The zero-order valence-electron chi connectivity index (χ0n) is 18.2. The molecule has 3 heteroatoms. The van der Waals surface area contributed by atoms with Crippen LogP contribution in [-0.2, 0) is 4.79 Å². The number of hydrogen-bond donors (Lipinski definition) is 0. The van der Waals surface area contributed by atoms with E-state index in [1.54, 1.807) is 0 Å². The van der Waals surface area contributed by atoms with Gasteiger partial charge in [0.2, 0.25) is 0 Å². The topological polar surface area (TPSA) is 40.1 Å². The molecule has 156 valence electrons. The average Bonchev–Trinajstić information content (AvgIpc) is 2.64. The Bertz CT molecular complexity index is 313. The summed E-state index contributed by atoms with van der Waals surface area (Å²) < 4.78 is 1.16. The first-order valence-corrected chi connectivity index (χ1v) is 11.6. The van der Waals surface area contributed by atoms with Crippen LogP contribution in [0.1, 0.15) is 117 Å². The number of nitrogens with zero attached hydrogens (tertiary/aromatic N) is 1. The fourth-order valence-corrected chi connectivity index (χ4v) is 3.97. The lowest BCUT2D eigenvalue weighted by molar-refractivity contribution is -0.925. The molecule has 0 rings (SSSR count). The Morgan fingerprint density at radius 2 is 1.00 bits per heavy atom. The lowest BCUT2D eigenvalue weighted by atomic mass is 10.0. The molecule has 0 heterocycles. The van der Waals surface area contributed by atoms with E-state index in [-0.39, 0.29) is 6.42 Å². The van der Waals surface area contributed by atoms with Gasteiger partial charge in [-0.25, -0.2) is 0 Å². The van der Waals surface area contributed by atoms with Gasteiger partial charge in [0.1, 0.15) is 0 Å². The zero-order valence-corrected chi connectivity index (χ0v) is 18.2. The Balaban J connectivity index is 3.62. The number of rotatable bonds is 20. The largest absolute Gasteiger partial charge is 0.550 e. The average molecular weight is 370 g/mol. The summed E-state index contributed by atoms with van der Waals surface area (Å²) in [4.78, 5) is 10.5. The summed E-state index contributed by atoms with van der Waals surface area (Å²) >= 11 is 0. The van der Waals surface area contributed by atoms with Crippen molar-refractivity contribution in [3.05, 3.63) is 0 Å². The van der Waals surface area contributed by atoms with Crippen LogP contribution >= 0.6 is 0 Å². The second-order valence-corrected chi connectivity index (χ2v) is 8.14. The molecule has 0 aromatic heterocycles. The molecular formula is C23H47NO2. The van der Waals surface area contributed by atoms with Crippen molar-refractivity contribution >= 4 is 5.97 Å². The van der Waals surface area contributed by atoms with Gasteiger partial charge in [0.25, 0.3) is 0 Å². The van der Waals surface area contributed by atoms with Gasteiger partial charge < -0.3 is 14.4 Å². The predicted molar refractivity (Wildman–Crippen MR) is 111 cm³/mol. The Kier molecular flexibility index (Phi) is 17.4. The number of carboxylic acids is 1. The van der Waals surface area contributed by atoms with Crippen molar-refractivity contribution in [1.29, 1.82) is 0 Å². The standard InChI is InChI=1S/C23H47NO2/c1-4-7-8-9-10-11-12-13-14-15-16-18-21-24(5-2,6-3)22-19-17-20-23(25)26/h4-22H2,1-3H3. The van der Waals surface area contributed by atoms with E-state index in [0.29, 0.717) is 0 Å². The van der Waals surface area contributed by atoms with Crippen molar-refractivity contribution in [2.75, 3.05) is 26.2 Å². The van der Waals surface area contributed by atoms with Crippen LogP contribution in [0.15, 0.2) is 0 Å². The molecule has 0 aromatic carbocycles. The summed E-state index contributed by atoms with van der Waals surface area (Å²) in [6.45, 7) is 11.6. The zero-order chi connectivity index (χ0) is 19.5. The molecule has 0 fully saturated rings. The monoisotopic (exact) mass is 369 g/mol. The summed E-state index contributed by atoms with van der Waals surface area (Å²) in [7, 11) is 0. The number of carbonyl (C=O) groups excluding carboxylic acids is 1. The van der Waals surface area contributed by atoms with Crippen LogP contribution in [0.5, 0.6) is 0 Å². The maximum absolute atomic E-state index is 10.5. The second kappa shape index (κ2) is 17.8. The summed E-state index contributed by atoms with van der Waals surface area (Å²) in [6.07, 6.45) is 18.8. The van der Waals surface area contributed by atoms with Gasteiger partial charge in [0.15, 0.2) is 0 Å². The Morgan fingerprint density at radius 3 is 1.38 bits per heavy atom. The maximum Gasteiger partial charge on any atom is 0.0786 e. The van der Waals surface area contributed by atoms with E-state index in [9.17, 15) is 9.90 Å². The fraction of sp³-hybridized carbons (Fsp3) is 0.957. The molecule has 0 amide bonds. The van der Waals surface area contributed by atoms with E-state index in [2.05, 4.69) is 20.8 Å². The van der Waals surface area contributed by atoms with E-state index >= 15 is 0 Å². The number of unbranched alkanes of at least 4 members (excludes halogenated alkanes) is 12. The third kappa shape index (κ3) is 14.6. The highest BCUT2D eigenvalue weighted by atomic mass is 16.4. The number of hydrogen-bond acceptors (Lipinski definition) is 2. The van der Waals surface area contributed by atoms with Crippen molar-refractivity contribution in [2.45, 2.75) is 117 Å². The molecule has 26 heavy (non-hydrogen) atoms. The van der Waals surface area contributed by atoms with Gasteiger partial charge in [-0.1, -0.05) is 71.1 Å². The molecule has 0 atom stereocenters. The third-order valence-electron chi connectivity index (χ3n) is 6.09. The molecule has 0 aromatic rings. The first kappa shape index (κ1) is 25.4. The summed E-state index contributed by atoms with van der Waals surface area (Å²) in [5, 5.41) is 10.5. The molecule has 0 saturated heterocycles. The van der Waals surface area contributed by atoms with Crippen molar-refractivity contribution < 1.29 is 14.4 Å². The van der Waals surface area contributed by atoms with Crippen LogP contribution in [0.4, 0.5) is 0 Å². The Morgan fingerprint density at radius 1 is 0.615 bits per heavy atom. The molecule has 0 aliphatic heterocycles. The van der Waals surface area contributed by atoms with Gasteiger partial charge >= 0.3 is 0 Å². The Hall–Kier alpha value is -0.570. The molecule has 0 aliphatic carbocycles. The van der Waals surface area contributed by atoms with Gasteiger partial charge in [-0.05, 0) is 46.0 Å². The van der Waals surface area contributed by atoms with Crippen LogP contribution in [0.25, 0.3) is 0 Å². The van der Waals surface area contributed by atoms with Crippen molar-refractivity contribution in [3.8, 4) is 0 Å². The highest BCUT2D eigenvalue weighted by Gasteiger charge is 2.21. The summed E-state index contributed by atoms with van der Waals surface area (Å²) in [5.41, 5.74) is 0. The van der Waals surface area contributed by atoms with Crippen molar-refractivity contribution in [2.24, 2.45) is 0 Å². The van der Waals surface area contributed by atoms with Crippen molar-refractivity contribution in [1.82, 2.24) is 0 Å².